The van der Waals surface area contributed by atoms with Crippen molar-refractivity contribution >= 4 is 70.4 Å². The molecule has 0 aliphatic heterocycles. The number of nitriles is 1. The largest absolute Gasteiger partial charge is 0.456 e. The minimum Gasteiger partial charge on any atom is -0.456 e. The van der Waals surface area contributed by atoms with Crippen molar-refractivity contribution in [2.75, 3.05) is 0 Å². The molecule has 0 atom stereocenters. The molecule has 3 aromatic heterocycles. The third-order valence-corrected chi connectivity index (χ3v) is 11.0. The van der Waals surface area contributed by atoms with Gasteiger partial charge in [0.2, 0.25) is 0 Å². The smallest absolute Gasteiger partial charge is 0.135 e. The molecule has 6 aromatic carbocycles. The van der Waals surface area contributed by atoms with Crippen molar-refractivity contribution in [3.8, 4) is 34.0 Å². The molecule has 3 heterocycles. The van der Waals surface area contributed by atoms with E-state index < -0.39 is 0 Å². The summed E-state index contributed by atoms with van der Waals surface area (Å²) < 4.78 is 10.8. The molecule has 1 aliphatic rings. The number of hydrogen-bond acceptors (Lipinski definition) is 3. The quantitative estimate of drug-likeness (QED) is 0.198. The van der Waals surface area contributed by atoms with Crippen molar-refractivity contribution in [3.63, 3.8) is 0 Å². The van der Waals surface area contributed by atoms with E-state index in [0.717, 1.165) is 56.5 Å². The number of aryl methyl sites for hydroxylation is 1. The summed E-state index contributed by atoms with van der Waals surface area (Å²) in [5.41, 5.74) is 10.9. The Labute approximate surface area is 274 Å². The number of allylic oxidation sites excluding steroid dienone is 1. The molecular weight excluding hydrogens is 593 g/mol. The van der Waals surface area contributed by atoms with Gasteiger partial charge in [0.05, 0.1) is 31.7 Å². The van der Waals surface area contributed by atoms with Crippen molar-refractivity contribution in [3.05, 3.63) is 144 Å². The predicted molar refractivity (Wildman–Crippen MR) is 196 cm³/mol. The molecule has 10 rings (SSSR count). The number of thiophene rings is 1. The van der Waals surface area contributed by atoms with Crippen molar-refractivity contribution in [1.29, 1.82) is 5.26 Å². The Morgan fingerprint density at radius 2 is 1.40 bits per heavy atom. The van der Waals surface area contributed by atoms with E-state index in [1.807, 2.05) is 0 Å². The first-order valence-electron chi connectivity index (χ1n) is 16.0. The summed E-state index contributed by atoms with van der Waals surface area (Å²) in [6.07, 6.45) is 6.28. The summed E-state index contributed by atoms with van der Waals surface area (Å²) in [5, 5.41) is 16.3. The van der Waals surface area contributed by atoms with Crippen molar-refractivity contribution in [1.82, 2.24) is 4.57 Å². The van der Waals surface area contributed by atoms with E-state index in [0.29, 0.717) is 5.56 Å². The van der Waals surface area contributed by atoms with Crippen LogP contribution in [0.3, 0.4) is 0 Å². The fourth-order valence-electron chi connectivity index (χ4n) is 7.51. The highest BCUT2D eigenvalue weighted by molar-refractivity contribution is 7.26. The molecule has 0 spiro atoms. The van der Waals surface area contributed by atoms with Crippen LogP contribution in [0.15, 0.2) is 132 Å². The van der Waals surface area contributed by atoms with Crippen LogP contribution in [0.4, 0.5) is 0 Å². The van der Waals surface area contributed by atoms with Crippen LogP contribution in [0.2, 0.25) is 0 Å². The van der Waals surface area contributed by atoms with Crippen LogP contribution in [0.25, 0.3) is 87.0 Å². The molecule has 1 aliphatic carbocycles. The number of benzene rings is 6. The molecule has 0 N–H and O–H groups in total. The van der Waals surface area contributed by atoms with Gasteiger partial charge in [-0.25, -0.2) is 0 Å². The zero-order valence-corrected chi connectivity index (χ0v) is 26.1. The summed E-state index contributed by atoms with van der Waals surface area (Å²) in [5.74, 6) is 0.967. The average Bonchev–Trinajstić information content (AvgIpc) is 3.80. The summed E-state index contributed by atoms with van der Waals surface area (Å²) in [4.78, 5) is 0. The third-order valence-electron chi connectivity index (χ3n) is 9.71. The molecule has 0 radical (unpaired) electrons. The van der Waals surface area contributed by atoms with Gasteiger partial charge in [0.15, 0.2) is 0 Å². The van der Waals surface area contributed by atoms with E-state index in [1.54, 1.807) is 11.3 Å². The lowest BCUT2D eigenvalue weighted by Gasteiger charge is -2.10. The van der Waals surface area contributed by atoms with Gasteiger partial charge in [-0.2, -0.15) is 5.26 Å². The van der Waals surface area contributed by atoms with Crippen LogP contribution in [0.5, 0.6) is 0 Å². The van der Waals surface area contributed by atoms with Crippen LogP contribution >= 0.6 is 11.3 Å². The maximum Gasteiger partial charge on any atom is 0.135 e. The van der Waals surface area contributed by atoms with Crippen molar-refractivity contribution in [2.45, 2.75) is 12.8 Å². The van der Waals surface area contributed by atoms with Gasteiger partial charge >= 0.3 is 0 Å². The molecule has 0 amide bonds. The average molecular weight is 619 g/mol. The van der Waals surface area contributed by atoms with E-state index in [1.165, 1.54) is 48.6 Å². The second kappa shape index (κ2) is 10.1. The number of para-hydroxylation sites is 1. The Kier molecular flexibility index (Phi) is 5.64. The van der Waals surface area contributed by atoms with Gasteiger partial charge in [-0.15, -0.1) is 11.3 Å². The highest BCUT2D eigenvalue weighted by Crippen LogP contribution is 2.44. The molecule has 9 aromatic rings. The lowest BCUT2D eigenvalue weighted by molar-refractivity contribution is 0.595. The maximum atomic E-state index is 10.4. The van der Waals surface area contributed by atoms with Gasteiger partial charge in [-0.3, -0.25) is 0 Å². The van der Waals surface area contributed by atoms with Crippen LogP contribution in [-0.4, -0.2) is 4.57 Å². The molecule has 0 fully saturated rings. The third kappa shape index (κ3) is 3.91. The number of aromatic nitrogens is 1. The standard InChI is InChI=1S/C43H26N2OS/c44-25-30-21-29(27-18-20-41-35(22-27)33-12-5-7-16-40(33)46-41)23-36-34-13-8-15-38(43(34)47-42(30)36)45-37-14-6-4-11-31(37)32-19-17-28(24-39(32)45)26-9-2-1-3-10-26/h1-4,6-11,13-24H,5,12H2. The Morgan fingerprint density at radius 3 is 2.32 bits per heavy atom. The van der Waals surface area contributed by atoms with Gasteiger partial charge in [-0.1, -0.05) is 84.9 Å². The van der Waals surface area contributed by atoms with Crippen molar-refractivity contribution < 1.29 is 4.42 Å². The number of fused-ring (bicyclic) bond motifs is 9. The Morgan fingerprint density at radius 1 is 0.617 bits per heavy atom. The Bertz CT molecular complexity index is 2800. The lowest BCUT2D eigenvalue weighted by Crippen LogP contribution is -1.94. The van der Waals surface area contributed by atoms with Gasteiger partial charge in [-0.05, 0) is 83.6 Å². The zero-order valence-electron chi connectivity index (χ0n) is 25.3. The second-order valence-electron chi connectivity index (χ2n) is 12.3. The molecule has 4 heteroatoms. The predicted octanol–water partition coefficient (Wildman–Crippen LogP) is 12.1. The summed E-state index contributed by atoms with van der Waals surface area (Å²) in [7, 11) is 0. The minimum atomic E-state index is 0.704. The molecule has 0 saturated carbocycles. The molecule has 220 valence electrons. The van der Waals surface area contributed by atoms with Crippen molar-refractivity contribution in [2.24, 2.45) is 0 Å². The van der Waals surface area contributed by atoms with Gasteiger partial charge in [0.25, 0.3) is 0 Å². The minimum absolute atomic E-state index is 0.704. The second-order valence-corrected chi connectivity index (χ2v) is 13.3. The Hall–Kier alpha value is -5.89. The molecule has 47 heavy (non-hydrogen) atoms. The first-order valence-corrected chi connectivity index (χ1v) is 16.8. The van der Waals surface area contributed by atoms with E-state index in [2.05, 4.69) is 144 Å². The molecule has 0 saturated heterocycles. The van der Waals surface area contributed by atoms with Gasteiger partial charge in [0.1, 0.15) is 17.4 Å². The van der Waals surface area contributed by atoms with E-state index in [-0.39, 0.29) is 0 Å². The molecule has 3 nitrogen and oxygen atoms in total. The van der Waals surface area contributed by atoms with E-state index in [4.69, 9.17) is 4.42 Å². The fraction of sp³-hybridized carbons (Fsp3) is 0.0465. The topological polar surface area (TPSA) is 41.9 Å². The lowest BCUT2D eigenvalue weighted by atomic mass is 9.96. The SMILES string of the molecule is N#Cc1cc(-c2ccc3oc4c(c3c2)CCC=C4)cc2c1sc1c(-n3c4ccccc4c4ccc(-c5ccccc5)cc43)cccc12. The first-order chi connectivity index (χ1) is 23.2. The van der Waals surface area contributed by atoms with Crippen LogP contribution < -0.4 is 0 Å². The number of rotatable bonds is 3. The molecular formula is C43H26N2OS. The maximum absolute atomic E-state index is 10.4. The number of furan rings is 1. The van der Waals surface area contributed by atoms with E-state index in [9.17, 15) is 5.26 Å². The monoisotopic (exact) mass is 618 g/mol. The highest BCUT2D eigenvalue weighted by Gasteiger charge is 2.20. The first kappa shape index (κ1) is 26.3. The highest BCUT2D eigenvalue weighted by atomic mass is 32.1. The van der Waals surface area contributed by atoms with Crippen LogP contribution in [0.1, 0.15) is 23.3 Å². The van der Waals surface area contributed by atoms with Crippen LogP contribution in [0, 0.1) is 11.3 Å². The summed E-state index contributed by atoms with van der Waals surface area (Å²) in [6.45, 7) is 0. The molecule has 0 unspecified atom stereocenters. The summed E-state index contributed by atoms with van der Waals surface area (Å²) >= 11 is 1.72. The van der Waals surface area contributed by atoms with Crippen LogP contribution in [-0.2, 0) is 6.42 Å². The summed E-state index contributed by atoms with van der Waals surface area (Å²) in [6, 6.07) is 45.9. The zero-order chi connectivity index (χ0) is 31.1. The van der Waals surface area contributed by atoms with E-state index >= 15 is 0 Å². The number of hydrogen-bond donors (Lipinski definition) is 0. The molecule has 0 bridgehead atoms. The fourth-order valence-corrected chi connectivity index (χ4v) is 8.76. The van der Waals surface area contributed by atoms with Gasteiger partial charge in [0, 0.05) is 32.5 Å². The van der Waals surface area contributed by atoms with Gasteiger partial charge < -0.3 is 8.98 Å². The number of nitrogens with zero attached hydrogens (tertiary/aromatic N) is 2. The normalized spacial score (nSPS) is 12.8. The Balaban J connectivity index is 1.22.